The van der Waals surface area contributed by atoms with Crippen LogP contribution in [-0.4, -0.2) is 43.6 Å². The maximum absolute atomic E-state index is 14.1. The Hall–Kier alpha value is -2.96. The van der Waals surface area contributed by atoms with Crippen LogP contribution >= 0.6 is 11.3 Å². The number of esters is 1. The van der Waals surface area contributed by atoms with Crippen molar-refractivity contribution in [3.8, 4) is 5.75 Å². The van der Waals surface area contributed by atoms with Gasteiger partial charge in [0.05, 0.1) is 24.8 Å². The van der Waals surface area contributed by atoms with Crippen molar-refractivity contribution in [3.05, 3.63) is 45.8 Å². The summed E-state index contributed by atoms with van der Waals surface area (Å²) < 4.78 is 94.6. The second kappa shape index (κ2) is 10.1. The quantitative estimate of drug-likeness (QED) is 0.279. The zero-order chi connectivity index (χ0) is 25.9. The summed E-state index contributed by atoms with van der Waals surface area (Å²) in [6, 6.07) is 4.94. The van der Waals surface area contributed by atoms with Crippen LogP contribution in [0.1, 0.15) is 45.0 Å². The van der Waals surface area contributed by atoms with Crippen LogP contribution in [0.4, 0.5) is 31.3 Å². The molecule has 2 N–H and O–H groups in total. The summed E-state index contributed by atoms with van der Waals surface area (Å²) in [6.07, 6.45) is -12.0. The van der Waals surface area contributed by atoms with Crippen molar-refractivity contribution in [2.24, 2.45) is 0 Å². The zero-order valence-corrected chi connectivity index (χ0v) is 19.3. The number of thiophene rings is 1. The molecule has 13 heteroatoms. The van der Waals surface area contributed by atoms with Crippen LogP contribution in [0, 0.1) is 6.92 Å². The van der Waals surface area contributed by atoms with Crippen molar-refractivity contribution in [3.63, 3.8) is 0 Å². The fourth-order valence-corrected chi connectivity index (χ4v) is 4.42. The summed E-state index contributed by atoms with van der Waals surface area (Å²) >= 11 is 0.515. The molecule has 0 bridgehead atoms. The van der Waals surface area contributed by atoms with Crippen molar-refractivity contribution >= 4 is 28.2 Å². The molecule has 0 unspecified atom stereocenters. The number of alkyl halides is 6. The predicted octanol–water partition coefficient (Wildman–Crippen LogP) is 5.47. The van der Waals surface area contributed by atoms with Gasteiger partial charge in [0.1, 0.15) is 10.8 Å². The van der Waals surface area contributed by atoms with E-state index < -0.39 is 46.0 Å². The first-order valence-electron chi connectivity index (χ1n) is 9.90. The molecule has 1 amide bonds. The Morgan fingerprint density at radius 1 is 1.03 bits per heavy atom. The molecule has 188 valence electrons. The van der Waals surface area contributed by atoms with Crippen LogP contribution in [0.25, 0.3) is 0 Å². The SMILES string of the molecule is CCOc1ccccc1C(=O)NC(Nc1sc(C)c(CC)c1C(=O)OC)(C(F)(F)F)C(F)(F)F. The molecular formula is C21H22F6N2O4S. The molecule has 1 heterocycles. The minimum atomic E-state index is -6.07. The minimum Gasteiger partial charge on any atom is -0.493 e. The van der Waals surface area contributed by atoms with Crippen LogP contribution < -0.4 is 15.4 Å². The topological polar surface area (TPSA) is 76.7 Å². The third kappa shape index (κ3) is 5.08. The number of benzene rings is 1. The monoisotopic (exact) mass is 512 g/mol. The average molecular weight is 512 g/mol. The molecule has 0 fully saturated rings. The first kappa shape index (κ1) is 27.3. The molecule has 0 aliphatic carbocycles. The highest BCUT2D eigenvalue weighted by atomic mass is 32.1. The Bertz CT molecular complexity index is 1030. The summed E-state index contributed by atoms with van der Waals surface area (Å²) in [6.45, 7) is 4.58. The van der Waals surface area contributed by atoms with Gasteiger partial charge in [-0.15, -0.1) is 11.3 Å². The largest absolute Gasteiger partial charge is 0.493 e. The van der Waals surface area contributed by atoms with Crippen LogP contribution in [0.15, 0.2) is 24.3 Å². The van der Waals surface area contributed by atoms with E-state index in [0.717, 1.165) is 18.5 Å². The van der Waals surface area contributed by atoms with Gasteiger partial charge in [0.25, 0.3) is 5.91 Å². The molecule has 0 spiro atoms. The van der Waals surface area contributed by atoms with Gasteiger partial charge in [-0.25, -0.2) is 4.79 Å². The van der Waals surface area contributed by atoms with E-state index in [1.807, 2.05) is 0 Å². The van der Waals surface area contributed by atoms with E-state index in [1.165, 1.54) is 37.4 Å². The van der Waals surface area contributed by atoms with E-state index in [2.05, 4.69) is 4.74 Å². The number of hydrogen-bond acceptors (Lipinski definition) is 6. The number of nitrogens with one attached hydrogen (secondary N) is 2. The highest BCUT2D eigenvalue weighted by molar-refractivity contribution is 7.16. The lowest BCUT2D eigenvalue weighted by Crippen LogP contribution is -2.72. The highest BCUT2D eigenvalue weighted by Gasteiger charge is 2.73. The maximum Gasteiger partial charge on any atom is 0.439 e. The standard InChI is InChI=1S/C21H22F6N2O4S/c1-5-12-11(3)34-17(15(12)18(31)32-4)29-19(20(22,23)24,21(25,26)27)28-16(30)13-9-7-8-10-14(13)33-6-2/h7-10,29H,5-6H2,1-4H3,(H,28,30). The summed E-state index contributed by atoms with van der Waals surface area (Å²) in [4.78, 5) is 25.3. The van der Waals surface area contributed by atoms with Crippen molar-refractivity contribution in [1.29, 1.82) is 0 Å². The Balaban J connectivity index is 2.70. The molecule has 0 atom stereocenters. The van der Waals surface area contributed by atoms with Crippen LogP contribution in [0.2, 0.25) is 0 Å². The van der Waals surface area contributed by atoms with Gasteiger partial charge in [0.2, 0.25) is 0 Å². The lowest BCUT2D eigenvalue weighted by atomic mass is 10.0. The fraction of sp³-hybridized carbons (Fsp3) is 0.429. The number of amides is 1. The minimum absolute atomic E-state index is 0.0168. The Morgan fingerprint density at radius 2 is 1.62 bits per heavy atom. The first-order valence-corrected chi connectivity index (χ1v) is 10.7. The van der Waals surface area contributed by atoms with E-state index in [9.17, 15) is 35.9 Å². The number of rotatable bonds is 8. The van der Waals surface area contributed by atoms with Crippen molar-refractivity contribution in [2.45, 2.75) is 45.2 Å². The van der Waals surface area contributed by atoms with Crippen LogP contribution in [0.5, 0.6) is 5.75 Å². The molecule has 0 radical (unpaired) electrons. The van der Waals surface area contributed by atoms with Crippen LogP contribution in [-0.2, 0) is 11.2 Å². The summed E-state index contributed by atoms with van der Waals surface area (Å²) in [5, 5.41) is 1.74. The first-order chi connectivity index (χ1) is 15.7. The smallest absolute Gasteiger partial charge is 0.439 e. The fourth-order valence-electron chi connectivity index (χ4n) is 3.23. The number of ether oxygens (including phenoxy) is 2. The zero-order valence-electron chi connectivity index (χ0n) is 18.5. The Kier molecular flexibility index (Phi) is 8.12. The van der Waals surface area contributed by atoms with Gasteiger partial charge in [-0.05, 0) is 38.0 Å². The number of carbonyl (C=O) groups excluding carboxylic acids is 2. The average Bonchev–Trinajstić information content (AvgIpc) is 3.06. The van der Waals surface area contributed by atoms with Crippen LogP contribution in [0.3, 0.4) is 0 Å². The molecule has 34 heavy (non-hydrogen) atoms. The predicted molar refractivity (Wildman–Crippen MR) is 113 cm³/mol. The van der Waals surface area contributed by atoms with Gasteiger partial charge in [-0.2, -0.15) is 26.3 Å². The summed E-state index contributed by atoms with van der Waals surface area (Å²) in [5.41, 5.74) is -5.70. The van der Waals surface area contributed by atoms with Gasteiger partial charge in [-0.3, -0.25) is 4.79 Å². The molecule has 0 aliphatic heterocycles. The molecule has 6 nitrogen and oxygen atoms in total. The van der Waals surface area contributed by atoms with Crippen molar-refractivity contribution < 1.29 is 45.4 Å². The number of anilines is 1. The Morgan fingerprint density at radius 3 is 2.12 bits per heavy atom. The molecule has 1 aromatic carbocycles. The van der Waals surface area contributed by atoms with E-state index in [4.69, 9.17) is 4.74 Å². The maximum atomic E-state index is 14.1. The molecule has 1 aromatic heterocycles. The lowest BCUT2D eigenvalue weighted by molar-refractivity contribution is -0.294. The van der Waals surface area contributed by atoms with E-state index in [-0.39, 0.29) is 24.3 Å². The molecule has 0 saturated carbocycles. The normalized spacial score (nSPS) is 12.3. The number of hydrogen-bond donors (Lipinski definition) is 2. The van der Waals surface area contributed by atoms with Gasteiger partial charge < -0.3 is 20.1 Å². The van der Waals surface area contributed by atoms with Crippen molar-refractivity contribution in [2.75, 3.05) is 19.0 Å². The lowest BCUT2D eigenvalue weighted by Gasteiger charge is -2.38. The highest BCUT2D eigenvalue weighted by Crippen LogP contribution is 2.46. The second-order valence-electron chi connectivity index (χ2n) is 6.94. The molecule has 0 aliphatic rings. The number of aryl methyl sites for hydroxylation is 1. The van der Waals surface area contributed by atoms with E-state index >= 15 is 0 Å². The number of halogens is 6. The molecular weight excluding hydrogens is 490 g/mol. The van der Waals surface area contributed by atoms with Crippen molar-refractivity contribution in [1.82, 2.24) is 5.32 Å². The molecule has 2 rings (SSSR count). The molecule has 2 aromatic rings. The molecule has 0 saturated heterocycles. The number of methoxy groups -OCH3 is 1. The number of para-hydroxylation sites is 1. The summed E-state index contributed by atoms with van der Waals surface area (Å²) in [5.74, 6) is -3.00. The summed E-state index contributed by atoms with van der Waals surface area (Å²) in [7, 11) is 0.950. The van der Waals surface area contributed by atoms with Gasteiger partial charge in [0.15, 0.2) is 0 Å². The van der Waals surface area contributed by atoms with E-state index in [1.54, 1.807) is 6.92 Å². The number of carbonyl (C=O) groups is 2. The van der Waals surface area contributed by atoms with Gasteiger partial charge >= 0.3 is 24.0 Å². The Labute approximate surface area is 195 Å². The van der Waals surface area contributed by atoms with Gasteiger partial charge in [-0.1, -0.05) is 19.1 Å². The third-order valence-electron chi connectivity index (χ3n) is 4.84. The second-order valence-corrected chi connectivity index (χ2v) is 8.16. The van der Waals surface area contributed by atoms with Gasteiger partial charge in [0, 0.05) is 4.88 Å². The van der Waals surface area contributed by atoms with E-state index in [0.29, 0.717) is 16.2 Å². The third-order valence-corrected chi connectivity index (χ3v) is 5.90.